The predicted molar refractivity (Wildman–Crippen MR) is 68.0 cm³/mol. The van der Waals surface area contributed by atoms with E-state index < -0.39 is 18.0 Å². The third-order valence-corrected chi connectivity index (χ3v) is 2.83. The zero-order valence-corrected chi connectivity index (χ0v) is 11.2. The number of rotatable bonds is 7. The van der Waals surface area contributed by atoms with Crippen molar-refractivity contribution in [3.05, 3.63) is 0 Å². The number of carbonyl (C=O) groups excluding carboxylic acids is 1. The number of nitrogens with one attached hydrogen (secondary N) is 2. The van der Waals surface area contributed by atoms with Crippen molar-refractivity contribution in [1.82, 2.24) is 10.6 Å². The van der Waals surface area contributed by atoms with Crippen molar-refractivity contribution in [2.45, 2.75) is 38.3 Å². The molecule has 0 aromatic heterocycles. The van der Waals surface area contributed by atoms with Crippen molar-refractivity contribution < 1.29 is 24.2 Å². The van der Waals surface area contributed by atoms with Crippen molar-refractivity contribution in [3.63, 3.8) is 0 Å². The summed E-state index contributed by atoms with van der Waals surface area (Å²) in [7, 11) is 0. The van der Waals surface area contributed by atoms with Gasteiger partial charge in [-0.2, -0.15) is 0 Å². The summed E-state index contributed by atoms with van der Waals surface area (Å²) in [6.07, 6.45) is 1.91. The summed E-state index contributed by atoms with van der Waals surface area (Å²) in [5.74, 6) is -1.01. The Bertz CT molecular complexity index is 292. The summed E-state index contributed by atoms with van der Waals surface area (Å²) < 4.78 is 10.6. The quantitative estimate of drug-likeness (QED) is 0.622. The number of amides is 2. The predicted octanol–water partition coefficient (Wildman–Crippen LogP) is 0.344. The fraction of sp³-hybridized carbons (Fsp3) is 0.833. The number of aliphatic carboxylic acids is 1. The molecular formula is C12H22N2O5. The Kier molecular flexibility index (Phi) is 7.20. The topological polar surface area (TPSA) is 96.9 Å². The Hall–Kier alpha value is -1.34. The third-order valence-electron chi connectivity index (χ3n) is 2.83. The van der Waals surface area contributed by atoms with Gasteiger partial charge in [0.1, 0.15) is 6.04 Å². The van der Waals surface area contributed by atoms with Gasteiger partial charge in [-0.1, -0.05) is 19.8 Å². The van der Waals surface area contributed by atoms with Crippen LogP contribution in [0.5, 0.6) is 0 Å². The maximum atomic E-state index is 11.6. The molecule has 1 aliphatic heterocycles. The first-order valence-corrected chi connectivity index (χ1v) is 6.60. The maximum absolute atomic E-state index is 11.6. The average Bonchev–Trinajstić information content (AvgIpc) is 2.42. The summed E-state index contributed by atoms with van der Waals surface area (Å²) in [5.41, 5.74) is 0. The van der Waals surface area contributed by atoms with Gasteiger partial charge in [-0.3, -0.25) is 0 Å². The molecule has 7 heteroatoms. The van der Waals surface area contributed by atoms with E-state index in [1.54, 1.807) is 0 Å². The number of urea groups is 1. The second kappa shape index (κ2) is 8.71. The monoisotopic (exact) mass is 274 g/mol. The highest BCUT2D eigenvalue weighted by atomic mass is 16.6. The van der Waals surface area contributed by atoms with Gasteiger partial charge in [-0.25, -0.2) is 9.59 Å². The third kappa shape index (κ3) is 6.40. The van der Waals surface area contributed by atoms with E-state index in [9.17, 15) is 9.59 Å². The lowest BCUT2D eigenvalue weighted by Gasteiger charge is -2.23. The summed E-state index contributed by atoms with van der Waals surface area (Å²) in [4.78, 5) is 22.5. The summed E-state index contributed by atoms with van der Waals surface area (Å²) in [6, 6.07) is -1.33. The molecule has 0 aromatic rings. The fourth-order valence-corrected chi connectivity index (χ4v) is 1.74. The molecule has 1 rings (SSSR count). The molecular weight excluding hydrogens is 252 g/mol. The second-order valence-corrected chi connectivity index (χ2v) is 4.46. The van der Waals surface area contributed by atoms with Crippen molar-refractivity contribution >= 4 is 12.0 Å². The van der Waals surface area contributed by atoms with Gasteiger partial charge in [0.2, 0.25) is 0 Å². The normalized spacial score (nSPS) is 20.6. The van der Waals surface area contributed by atoms with Crippen molar-refractivity contribution in [1.29, 1.82) is 0 Å². The first-order valence-electron chi connectivity index (χ1n) is 6.60. The molecule has 2 unspecified atom stereocenters. The van der Waals surface area contributed by atoms with Crippen LogP contribution in [0.3, 0.4) is 0 Å². The van der Waals surface area contributed by atoms with Gasteiger partial charge < -0.3 is 25.2 Å². The van der Waals surface area contributed by atoms with Crippen LogP contribution in [0.15, 0.2) is 0 Å². The molecule has 0 aromatic carbocycles. The zero-order valence-electron chi connectivity index (χ0n) is 11.2. The van der Waals surface area contributed by atoms with Crippen LogP contribution in [0.4, 0.5) is 4.79 Å². The lowest BCUT2D eigenvalue weighted by atomic mass is 10.1. The largest absolute Gasteiger partial charge is 0.480 e. The van der Waals surface area contributed by atoms with Gasteiger partial charge in [-0.15, -0.1) is 0 Å². The SMILES string of the molecule is CCCCC(NC(=O)NCC1COCCO1)C(=O)O. The standard InChI is InChI=1S/C12H22N2O5/c1-2-3-4-10(11(15)16)14-12(17)13-7-9-8-18-5-6-19-9/h9-10H,2-8H2,1H3,(H,15,16)(H2,13,14,17). The van der Waals surface area contributed by atoms with E-state index in [0.717, 1.165) is 12.8 Å². The molecule has 0 aliphatic carbocycles. The molecule has 110 valence electrons. The highest BCUT2D eigenvalue weighted by molar-refractivity contribution is 5.82. The van der Waals surface area contributed by atoms with E-state index in [-0.39, 0.29) is 6.10 Å². The number of carbonyl (C=O) groups is 2. The van der Waals surface area contributed by atoms with Crippen LogP contribution in [0, 0.1) is 0 Å². The van der Waals surface area contributed by atoms with E-state index in [2.05, 4.69) is 10.6 Å². The zero-order chi connectivity index (χ0) is 14.1. The van der Waals surface area contributed by atoms with Crippen LogP contribution in [0.1, 0.15) is 26.2 Å². The Balaban J connectivity index is 2.25. The molecule has 3 N–H and O–H groups in total. The average molecular weight is 274 g/mol. The molecule has 1 aliphatic rings. The minimum atomic E-state index is -1.01. The molecule has 1 saturated heterocycles. The molecule has 1 fully saturated rings. The second-order valence-electron chi connectivity index (χ2n) is 4.46. The Morgan fingerprint density at radius 3 is 2.79 bits per heavy atom. The van der Waals surface area contributed by atoms with E-state index in [0.29, 0.717) is 32.8 Å². The minimum absolute atomic E-state index is 0.168. The van der Waals surface area contributed by atoms with Crippen LogP contribution in [0.25, 0.3) is 0 Å². The highest BCUT2D eigenvalue weighted by Gasteiger charge is 2.20. The summed E-state index contributed by atoms with van der Waals surface area (Å²) >= 11 is 0. The number of carboxylic acids is 1. The van der Waals surface area contributed by atoms with Crippen LogP contribution < -0.4 is 10.6 Å². The number of unbranched alkanes of at least 4 members (excludes halogenated alkanes) is 1. The molecule has 0 spiro atoms. The Morgan fingerprint density at radius 2 is 2.21 bits per heavy atom. The van der Waals surface area contributed by atoms with Crippen molar-refractivity contribution in [2.24, 2.45) is 0 Å². The lowest BCUT2D eigenvalue weighted by molar-refractivity contribution is -0.139. The van der Waals surface area contributed by atoms with E-state index >= 15 is 0 Å². The van der Waals surface area contributed by atoms with Crippen LogP contribution in [0.2, 0.25) is 0 Å². The molecule has 2 amide bonds. The van der Waals surface area contributed by atoms with Gasteiger partial charge in [0.25, 0.3) is 0 Å². The van der Waals surface area contributed by atoms with Crippen molar-refractivity contribution in [2.75, 3.05) is 26.4 Å². The summed E-state index contributed by atoms with van der Waals surface area (Å²) in [6.45, 7) is 3.81. The summed E-state index contributed by atoms with van der Waals surface area (Å²) in [5, 5.41) is 14.0. The van der Waals surface area contributed by atoms with E-state index in [1.807, 2.05) is 6.92 Å². The van der Waals surface area contributed by atoms with E-state index in [4.69, 9.17) is 14.6 Å². The van der Waals surface area contributed by atoms with Crippen LogP contribution >= 0.6 is 0 Å². The molecule has 0 bridgehead atoms. The fourth-order valence-electron chi connectivity index (χ4n) is 1.74. The molecule has 19 heavy (non-hydrogen) atoms. The maximum Gasteiger partial charge on any atom is 0.326 e. The number of hydrogen-bond acceptors (Lipinski definition) is 4. The minimum Gasteiger partial charge on any atom is -0.480 e. The highest BCUT2D eigenvalue weighted by Crippen LogP contribution is 2.01. The molecule has 0 saturated carbocycles. The van der Waals surface area contributed by atoms with Crippen LogP contribution in [-0.2, 0) is 14.3 Å². The number of carboxylic acid groups (broad SMARTS) is 1. The first-order chi connectivity index (χ1) is 9.13. The van der Waals surface area contributed by atoms with Crippen LogP contribution in [-0.4, -0.2) is 55.6 Å². The Labute approximate surface area is 112 Å². The van der Waals surface area contributed by atoms with E-state index in [1.165, 1.54) is 0 Å². The van der Waals surface area contributed by atoms with Gasteiger partial charge in [0.05, 0.1) is 25.9 Å². The molecule has 0 radical (unpaired) electrons. The molecule has 7 nitrogen and oxygen atoms in total. The van der Waals surface area contributed by atoms with Gasteiger partial charge in [-0.05, 0) is 6.42 Å². The Morgan fingerprint density at radius 1 is 1.42 bits per heavy atom. The number of hydrogen-bond donors (Lipinski definition) is 3. The molecule has 1 heterocycles. The number of ether oxygens (including phenoxy) is 2. The molecule has 2 atom stereocenters. The van der Waals surface area contributed by atoms with Crippen molar-refractivity contribution in [3.8, 4) is 0 Å². The van der Waals surface area contributed by atoms with Gasteiger partial charge in [0.15, 0.2) is 0 Å². The first kappa shape index (κ1) is 15.7. The lowest BCUT2D eigenvalue weighted by Crippen LogP contribution is -2.49. The van der Waals surface area contributed by atoms with Gasteiger partial charge in [0, 0.05) is 6.54 Å². The van der Waals surface area contributed by atoms with Gasteiger partial charge >= 0.3 is 12.0 Å². The smallest absolute Gasteiger partial charge is 0.326 e.